The van der Waals surface area contributed by atoms with Crippen LogP contribution in [0.2, 0.25) is 0 Å². The van der Waals surface area contributed by atoms with Gasteiger partial charge in [-0.05, 0) is 32.9 Å². The van der Waals surface area contributed by atoms with Crippen molar-refractivity contribution >= 4 is 11.8 Å². The number of aliphatic hydroxyl groups excluding tert-OH is 3. The standard InChI is InChI=1S/C14H22O3S/c1-10(15)12(16)9-13(17)14(2,3)18-11-7-5-4-6-8-11/h4-8,10,12-13,15-17H,9H2,1-3H3/t10-,12-,13+/m1/s1. The summed E-state index contributed by atoms with van der Waals surface area (Å²) in [6.45, 7) is 5.39. The van der Waals surface area contributed by atoms with E-state index >= 15 is 0 Å². The van der Waals surface area contributed by atoms with Gasteiger partial charge in [-0.3, -0.25) is 0 Å². The minimum atomic E-state index is -0.893. The Kier molecular flexibility index (Phi) is 5.66. The van der Waals surface area contributed by atoms with Crippen molar-refractivity contribution in [2.75, 3.05) is 0 Å². The fourth-order valence-corrected chi connectivity index (χ4v) is 2.70. The van der Waals surface area contributed by atoms with E-state index in [1.165, 1.54) is 6.92 Å². The third-order valence-electron chi connectivity index (χ3n) is 2.95. The Morgan fingerprint density at radius 2 is 1.67 bits per heavy atom. The van der Waals surface area contributed by atoms with E-state index in [4.69, 9.17) is 0 Å². The molecule has 0 aliphatic heterocycles. The second-order valence-electron chi connectivity index (χ2n) is 5.08. The molecule has 0 radical (unpaired) electrons. The van der Waals surface area contributed by atoms with Crippen molar-refractivity contribution in [3.63, 3.8) is 0 Å². The van der Waals surface area contributed by atoms with E-state index < -0.39 is 23.1 Å². The molecule has 1 rings (SSSR count). The smallest absolute Gasteiger partial charge is 0.0821 e. The SMILES string of the molecule is C[C@@H](O)[C@H](O)C[C@H](O)C(C)(C)Sc1ccccc1. The Morgan fingerprint density at radius 1 is 1.11 bits per heavy atom. The molecule has 102 valence electrons. The molecule has 0 saturated carbocycles. The fraction of sp³-hybridized carbons (Fsp3) is 0.571. The molecule has 0 amide bonds. The summed E-state index contributed by atoms with van der Waals surface area (Å²) in [5.41, 5.74) is 0. The predicted molar refractivity (Wildman–Crippen MR) is 74.7 cm³/mol. The minimum absolute atomic E-state index is 0.171. The van der Waals surface area contributed by atoms with Gasteiger partial charge in [0.15, 0.2) is 0 Å². The van der Waals surface area contributed by atoms with E-state index in [0.29, 0.717) is 0 Å². The molecule has 0 aromatic heterocycles. The molecule has 4 heteroatoms. The zero-order chi connectivity index (χ0) is 13.8. The Labute approximate surface area is 113 Å². The summed E-state index contributed by atoms with van der Waals surface area (Å²) < 4.78 is -0.419. The molecular formula is C14H22O3S. The maximum atomic E-state index is 10.2. The minimum Gasteiger partial charge on any atom is -0.392 e. The van der Waals surface area contributed by atoms with E-state index in [9.17, 15) is 15.3 Å². The number of benzene rings is 1. The zero-order valence-corrected chi connectivity index (χ0v) is 11.9. The number of hydrogen-bond donors (Lipinski definition) is 3. The number of hydrogen-bond acceptors (Lipinski definition) is 4. The van der Waals surface area contributed by atoms with E-state index in [2.05, 4.69) is 0 Å². The van der Waals surface area contributed by atoms with Gasteiger partial charge >= 0.3 is 0 Å². The largest absolute Gasteiger partial charge is 0.392 e. The fourth-order valence-electron chi connectivity index (χ4n) is 1.57. The molecule has 3 atom stereocenters. The van der Waals surface area contributed by atoms with Crippen molar-refractivity contribution in [3.8, 4) is 0 Å². The molecule has 0 heterocycles. The molecule has 0 fully saturated rings. The second kappa shape index (κ2) is 6.57. The molecule has 18 heavy (non-hydrogen) atoms. The Morgan fingerprint density at radius 3 is 2.17 bits per heavy atom. The molecule has 0 saturated heterocycles. The lowest BCUT2D eigenvalue weighted by molar-refractivity contribution is -0.00907. The number of rotatable bonds is 6. The van der Waals surface area contributed by atoms with Gasteiger partial charge in [-0.15, -0.1) is 11.8 Å². The predicted octanol–water partition coefficient (Wildman–Crippen LogP) is 2.05. The highest BCUT2D eigenvalue weighted by Gasteiger charge is 2.31. The molecule has 3 N–H and O–H groups in total. The van der Waals surface area contributed by atoms with Crippen LogP contribution in [0.3, 0.4) is 0 Å². The van der Waals surface area contributed by atoms with Gasteiger partial charge in [0.2, 0.25) is 0 Å². The van der Waals surface area contributed by atoms with Gasteiger partial charge in [0.1, 0.15) is 0 Å². The maximum absolute atomic E-state index is 10.2. The van der Waals surface area contributed by atoms with E-state index in [0.717, 1.165) is 4.90 Å². The lowest BCUT2D eigenvalue weighted by atomic mass is 9.98. The van der Waals surface area contributed by atoms with Gasteiger partial charge in [-0.1, -0.05) is 18.2 Å². The first kappa shape index (κ1) is 15.5. The summed E-state index contributed by atoms with van der Waals surface area (Å²) in [5, 5.41) is 29.0. The first-order chi connectivity index (χ1) is 8.33. The molecule has 0 aliphatic carbocycles. The van der Waals surface area contributed by atoms with E-state index in [-0.39, 0.29) is 6.42 Å². The molecule has 1 aromatic carbocycles. The summed E-state index contributed by atoms with van der Waals surface area (Å²) in [5.74, 6) is 0. The highest BCUT2D eigenvalue weighted by atomic mass is 32.2. The summed E-state index contributed by atoms with van der Waals surface area (Å²) in [4.78, 5) is 1.08. The van der Waals surface area contributed by atoms with E-state index in [1.807, 2.05) is 44.2 Å². The molecular weight excluding hydrogens is 248 g/mol. The van der Waals surface area contributed by atoms with Crippen LogP contribution in [0.4, 0.5) is 0 Å². The first-order valence-electron chi connectivity index (χ1n) is 6.11. The highest BCUT2D eigenvalue weighted by molar-refractivity contribution is 8.00. The monoisotopic (exact) mass is 270 g/mol. The molecule has 1 aromatic rings. The lowest BCUT2D eigenvalue weighted by Gasteiger charge is -2.31. The maximum Gasteiger partial charge on any atom is 0.0821 e. The van der Waals surface area contributed by atoms with Crippen LogP contribution in [-0.4, -0.2) is 38.4 Å². The van der Waals surface area contributed by atoms with Crippen LogP contribution in [0.15, 0.2) is 35.2 Å². The topological polar surface area (TPSA) is 60.7 Å². The summed E-state index contributed by atoms with van der Waals surface area (Å²) in [7, 11) is 0. The van der Waals surface area contributed by atoms with Crippen molar-refractivity contribution < 1.29 is 15.3 Å². The van der Waals surface area contributed by atoms with Crippen LogP contribution >= 0.6 is 11.8 Å². The molecule has 3 nitrogen and oxygen atoms in total. The molecule has 0 unspecified atom stereocenters. The van der Waals surface area contributed by atoms with Gasteiger partial charge in [-0.25, -0.2) is 0 Å². The molecule has 0 aliphatic rings. The van der Waals surface area contributed by atoms with Crippen LogP contribution in [0, 0.1) is 0 Å². The van der Waals surface area contributed by atoms with Gasteiger partial charge in [0.05, 0.1) is 18.3 Å². The van der Waals surface area contributed by atoms with Gasteiger partial charge < -0.3 is 15.3 Å². The summed E-state index contributed by atoms with van der Waals surface area (Å²) in [6.07, 6.45) is -2.23. The Bertz CT molecular complexity index is 351. The lowest BCUT2D eigenvalue weighted by Crippen LogP contribution is -2.38. The normalized spacial score (nSPS) is 17.2. The second-order valence-corrected chi connectivity index (χ2v) is 6.81. The summed E-state index contributed by atoms with van der Waals surface area (Å²) >= 11 is 1.56. The Hall–Kier alpha value is -0.550. The van der Waals surface area contributed by atoms with Crippen molar-refractivity contribution in [2.45, 2.75) is 55.1 Å². The molecule has 0 bridgehead atoms. The van der Waals surface area contributed by atoms with Crippen LogP contribution in [0.5, 0.6) is 0 Å². The quantitative estimate of drug-likeness (QED) is 0.692. The van der Waals surface area contributed by atoms with Crippen molar-refractivity contribution in [1.29, 1.82) is 0 Å². The van der Waals surface area contributed by atoms with Crippen LogP contribution < -0.4 is 0 Å². The zero-order valence-electron chi connectivity index (χ0n) is 11.1. The van der Waals surface area contributed by atoms with Crippen LogP contribution in [0.25, 0.3) is 0 Å². The number of aliphatic hydroxyl groups is 3. The third-order valence-corrected chi connectivity index (χ3v) is 4.25. The molecule has 0 spiro atoms. The van der Waals surface area contributed by atoms with Gasteiger partial charge in [0, 0.05) is 16.1 Å². The van der Waals surface area contributed by atoms with Crippen LogP contribution in [-0.2, 0) is 0 Å². The van der Waals surface area contributed by atoms with Gasteiger partial charge in [0.25, 0.3) is 0 Å². The Balaban J connectivity index is 2.62. The average molecular weight is 270 g/mol. The third kappa shape index (κ3) is 4.61. The number of thioether (sulfide) groups is 1. The van der Waals surface area contributed by atoms with Crippen molar-refractivity contribution in [2.24, 2.45) is 0 Å². The summed E-state index contributed by atoms with van der Waals surface area (Å²) in [6, 6.07) is 9.84. The van der Waals surface area contributed by atoms with E-state index in [1.54, 1.807) is 11.8 Å². The van der Waals surface area contributed by atoms with Crippen molar-refractivity contribution in [3.05, 3.63) is 30.3 Å². The highest BCUT2D eigenvalue weighted by Crippen LogP contribution is 2.36. The van der Waals surface area contributed by atoms with Crippen molar-refractivity contribution in [1.82, 2.24) is 0 Å². The van der Waals surface area contributed by atoms with Crippen LogP contribution in [0.1, 0.15) is 27.2 Å². The average Bonchev–Trinajstić information content (AvgIpc) is 2.29. The van der Waals surface area contributed by atoms with Gasteiger partial charge in [-0.2, -0.15) is 0 Å². The first-order valence-corrected chi connectivity index (χ1v) is 6.93.